The van der Waals surface area contributed by atoms with Crippen LogP contribution < -0.4 is 5.32 Å². The van der Waals surface area contributed by atoms with E-state index in [0.29, 0.717) is 41.2 Å². The van der Waals surface area contributed by atoms with Gasteiger partial charge in [-0.3, -0.25) is 9.59 Å². The number of amides is 2. The summed E-state index contributed by atoms with van der Waals surface area (Å²) in [5.41, 5.74) is 2.71. The molecule has 2 heterocycles. The number of nitrogens with one attached hydrogen (secondary N) is 1. The number of hydrogen-bond acceptors (Lipinski definition) is 5. The Hall–Kier alpha value is -3.52. The molecule has 8 heteroatoms. The summed E-state index contributed by atoms with van der Waals surface area (Å²) in [5.74, 6) is -0.368. The van der Waals surface area contributed by atoms with Crippen LogP contribution >= 0.6 is 0 Å². The van der Waals surface area contributed by atoms with E-state index in [4.69, 9.17) is 9.26 Å². The quantitative estimate of drug-likeness (QED) is 0.635. The average molecular weight is 451 g/mol. The largest absolute Gasteiger partial charge is 0.372 e. The molecule has 33 heavy (non-hydrogen) atoms. The van der Waals surface area contributed by atoms with Gasteiger partial charge in [-0.1, -0.05) is 17.3 Å². The summed E-state index contributed by atoms with van der Waals surface area (Å²) >= 11 is 0. The number of carbonyl (C=O) groups is 2. The molecular formula is C25H26FN3O4. The molecule has 1 N–H and O–H groups in total. The summed E-state index contributed by atoms with van der Waals surface area (Å²) < 4.78 is 24.1. The van der Waals surface area contributed by atoms with Gasteiger partial charge in [0.15, 0.2) is 0 Å². The number of aromatic nitrogens is 1. The minimum atomic E-state index is -0.371. The summed E-state index contributed by atoms with van der Waals surface area (Å²) in [5, 5.41) is 6.83. The van der Waals surface area contributed by atoms with Gasteiger partial charge in [0.05, 0.1) is 12.2 Å². The molecule has 0 bridgehead atoms. The molecule has 1 aliphatic rings. The number of rotatable bonds is 5. The summed E-state index contributed by atoms with van der Waals surface area (Å²) in [6, 6.07) is 12.9. The van der Waals surface area contributed by atoms with Gasteiger partial charge in [0, 0.05) is 30.8 Å². The number of carbonyl (C=O) groups excluding carboxylic acids is 2. The Morgan fingerprint density at radius 2 is 1.70 bits per heavy atom. The number of ether oxygens (including phenoxy) is 1. The number of halogens is 1. The van der Waals surface area contributed by atoms with Crippen molar-refractivity contribution < 1.29 is 23.2 Å². The molecule has 0 aliphatic carbocycles. The first kappa shape index (κ1) is 22.7. The molecule has 2 unspecified atom stereocenters. The van der Waals surface area contributed by atoms with Crippen LogP contribution in [-0.4, -0.2) is 47.2 Å². The lowest BCUT2D eigenvalue weighted by atomic mass is 10.1. The maximum absolute atomic E-state index is 13.2. The highest BCUT2D eigenvalue weighted by molar-refractivity contribution is 6.00. The maximum atomic E-state index is 13.2. The Morgan fingerprint density at radius 3 is 2.33 bits per heavy atom. The zero-order chi connectivity index (χ0) is 23.5. The molecule has 0 saturated carbocycles. The highest BCUT2D eigenvalue weighted by Gasteiger charge is 2.26. The van der Waals surface area contributed by atoms with Crippen LogP contribution in [0.15, 0.2) is 53.1 Å². The van der Waals surface area contributed by atoms with Gasteiger partial charge >= 0.3 is 0 Å². The molecule has 172 valence electrons. The van der Waals surface area contributed by atoms with E-state index in [1.807, 2.05) is 26.0 Å². The Morgan fingerprint density at radius 1 is 1.06 bits per heavy atom. The monoisotopic (exact) mass is 451 g/mol. The predicted molar refractivity (Wildman–Crippen MR) is 120 cm³/mol. The molecule has 2 amide bonds. The fourth-order valence-corrected chi connectivity index (χ4v) is 4.01. The highest BCUT2D eigenvalue weighted by Crippen LogP contribution is 2.25. The third-order valence-electron chi connectivity index (χ3n) is 5.57. The van der Waals surface area contributed by atoms with Crippen LogP contribution in [0.25, 0.3) is 11.3 Å². The van der Waals surface area contributed by atoms with E-state index in [9.17, 15) is 14.0 Å². The smallest absolute Gasteiger partial charge is 0.257 e. The normalized spacial score (nSPS) is 18.2. The lowest BCUT2D eigenvalue weighted by Gasteiger charge is -2.35. The Balaban J connectivity index is 1.41. The molecule has 7 nitrogen and oxygen atoms in total. The molecule has 2 atom stereocenters. The van der Waals surface area contributed by atoms with Crippen molar-refractivity contribution in [1.29, 1.82) is 0 Å². The number of nitrogens with zero attached hydrogens (tertiary/aromatic N) is 2. The van der Waals surface area contributed by atoms with Crippen molar-refractivity contribution in [2.75, 3.05) is 13.1 Å². The van der Waals surface area contributed by atoms with Crippen LogP contribution in [0, 0.1) is 12.7 Å². The molecule has 1 aliphatic heterocycles. The molecule has 0 radical (unpaired) electrons. The van der Waals surface area contributed by atoms with E-state index < -0.39 is 0 Å². The van der Waals surface area contributed by atoms with Crippen LogP contribution in [0.3, 0.4) is 0 Å². The molecule has 0 spiro atoms. The molecular weight excluding hydrogens is 425 g/mol. The highest BCUT2D eigenvalue weighted by atomic mass is 19.1. The minimum Gasteiger partial charge on any atom is -0.372 e. The van der Waals surface area contributed by atoms with Crippen molar-refractivity contribution in [2.45, 2.75) is 39.5 Å². The van der Waals surface area contributed by atoms with Crippen molar-refractivity contribution in [3.05, 3.63) is 76.8 Å². The maximum Gasteiger partial charge on any atom is 0.257 e. The molecule has 1 saturated heterocycles. The van der Waals surface area contributed by atoms with Crippen molar-refractivity contribution in [1.82, 2.24) is 15.4 Å². The number of hydrogen-bond donors (Lipinski definition) is 1. The topological polar surface area (TPSA) is 84.7 Å². The van der Waals surface area contributed by atoms with Crippen LogP contribution in [0.5, 0.6) is 0 Å². The van der Waals surface area contributed by atoms with Gasteiger partial charge < -0.3 is 19.5 Å². The second-order valence-electron chi connectivity index (χ2n) is 8.32. The van der Waals surface area contributed by atoms with E-state index in [0.717, 1.165) is 5.56 Å². The van der Waals surface area contributed by atoms with Crippen molar-refractivity contribution >= 4 is 11.8 Å². The zero-order valence-corrected chi connectivity index (χ0v) is 18.8. The SMILES string of the molecule is Cc1onc(-c2ccc(F)cc2)c1C(=O)NCc1ccc(C(=O)N2CC(C)OC(C)C2)cc1. The Labute approximate surface area is 191 Å². The van der Waals surface area contributed by atoms with Gasteiger partial charge in [0.25, 0.3) is 11.8 Å². The van der Waals surface area contributed by atoms with Gasteiger partial charge in [-0.05, 0) is 62.7 Å². The van der Waals surface area contributed by atoms with Crippen LogP contribution in [0.4, 0.5) is 4.39 Å². The summed E-state index contributed by atoms with van der Waals surface area (Å²) in [6.45, 7) is 6.97. The Bertz CT molecular complexity index is 1130. The standard InChI is InChI=1S/C25H26FN3O4/c1-15-13-29(14-16(2)32-15)25(31)20-6-4-18(5-7-20)12-27-24(30)22-17(3)33-28-23(22)19-8-10-21(26)11-9-19/h4-11,15-16H,12-14H2,1-3H3,(H,27,30). The van der Waals surface area contributed by atoms with E-state index in [1.165, 1.54) is 12.1 Å². The molecule has 1 fully saturated rings. The van der Waals surface area contributed by atoms with Gasteiger partial charge in [0.1, 0.15) is 22.8 Å². The van der Waals surface area contributed by atoms with Crippen molar-refractivity contribution in [2.24, 2.45) is 0 Å². The van der Waals surface area contributed by atoms with E-state index in [-0.39, 0.29) is 36.4 Å². The molecule has 4 rings (SSSR count). The molecule has 2 aromatic carbocycles. The first-order chi connectivity index (χ1) is 15.8. The number of benzene rings is 2. The van der Waals surface area contributed by atoms with Gasteiger partial charge in [-0.2, -0.15) is 0 Å². The molecule has 1 aromatic heterocycles. The summed E-state index contributed by atoms with van der Waals surface area (Å²) in [6.07, 6.45) is 0.0145. The fraction of sp³-hybridized carbons (Fsp3) is 0.320. The number of aryl methyl sites for hydroxylation is 1. The average Bonchev–Trinajstić information content (AvgIpc) is 3.18. The second kappa shape index (κ2) is 9.54. The third-order valence-corrected chi connectivity index (χ3v) is 5.57. The summed E-state index contributed by atoms with van der Waals surface area (Å²) in [7, 11) is 0. The van der Waals surface area contributed by atoms with Crippen molar-refractivity contribution in [3.8, 4) is 11.3 Å². The first-order valence-corrected chi connectivity index (χ1v) is 10.9. The van der Waals surface area contributed by atoms with Crippen LogP contribution in [-0.2, 0) is 11.3 Å². The van der Waals surface area contributed by atoms with Crippen molar-refractivity contribution in [3.63, 3.8) is 0 Å². The second-order valence-corrected chi connectivity index (χ2v) is 8.32. The lowest BCUT2D eigenvalue weighted by molar-refractivity contribution is -0.0586. The molecule has 3 aromatic rings. The van der Waals surface area contributed by atoms with E-state index >= 15 is 0 Å². The van der Waals surface area contributed by atoms with Gasteiger partial charge in [0.2, 0.25) is 0 Å². The predicted octanol–water partition coefficient (Wildman–Crippen LogP) is 3.97. The lowest BCUT2D eigenvalue weighted by Crippen LogP contribution is -2.48. The zero-order valence-electron chi connectivity index (χ0n) is 18.8. The van der Waals surface area contributed by atoms with E-state index in [1.54, 1.807) is 36.1 Å². The van der Waals surface area contributed by atoms with E-state index in [2.05, 4.69) is 10.5 Å². The van der Waals surface area contributed by atoms with Gasteiger partial charge in [-0.15, -0.1) is 0 Å². The number of morpholine rings is 1. The van der Waals surface area contributed by atoms with Crippen LogP contribution in [0.2, 0.25) is 0 Å². The third kappa shape index (κ3) is 5.12. The Kier molecular flexibility index (Phi) is 6.55. The minimum absolute atomic E-state index is 0.00727. The van der Waals surface area contributed by atoms with Crippen LogP contribution in [0.1, 0.15) is 45.9 Å². The summed E-state index contributed by atoms with van der Waals surface area (Å²) in [4.78, 5) is 27.5. The first-order valence-electron chi connectivity index (χ1n) is 10.9. The fourth-order valence-electron chi connectivity index (χ4n) is 4.01. The van der Waals surface area contributed by atoms with Gasteiger partial charge in [-0.25, -0.2) is 4.39 Å².